The number of nitrogens with zero attached hydrogens (tertiary/aromatic N) is 3. The lowest BCUT2D eigenvalue weighted by Crippen LogP contribution is -2.47. The molecule has 0 unspecified atom stereocenters. The first-order valence-electron chi connectivity index (χ1n) is 10.0. The van der Waals surface area contributed by atoms with Crippen molar-refractivity contribution >= 4 is 17.6 Å². The third-order valence-electron chi connectivity index (χ3n) is 5.55. The quantitative estimate of drug-likeness (QED) is 0.817. The zero-order valence-corrected chi connectivity index (χ0v) is 16.0. The van der Waals surface area contributed by atoms with Gasteiger partial charge in [0.2, 0.25) is 0 Å². The fourth-order valence-corrected chi connectivity index (χ4v) is 3.95. The van der Waals surface area contributed by atoms with Gasteiger partial charge in [0.1, 0.15) is 31.3 Å². The van der Waals surface area contributed by atoms with Crippen molar-refractivity contribution in [2.24, 2.45) is 4.99 Å². The van der Waals surface area contributed by atoms with Crippen molar-refractivity contribution in [3.05, 3.63) is 42.0 Å². The van der Waals surface area contributed by atoms with Gasteiger partial charge in [0, 0.05) is 50.7 Å². The standard InChI is InChI=1S/C22H25N3O3/c1-3-20-19(23-6-12-26-20)15-17(1)5-7-24-8-10-25(11-9-24)18-2-4-21-22(16-18)28-14-13-27-21/h1-4,6,15-16H,5,7-14H2. The Morgan fingerprint density at radius 1 is 0.821 bits per heavy atom. The van der Waals surface area contributed by atoms with Gasteiger partial charge in [-0.05, 0) is 36.2 Å². The van der Waals surface area contributed by atoms with Crippen molar-refractivity contribution in [1.29, 1.82) is 0 Å². The summed E-state index contributed by atoms with van der Waals surface area (Å²) in [6.07, 6.45) is 2.86. The fraction of sp³-hybridized carbons (Fsp3) is 0.409. The van der Waals surface area contributed by atoms with Crippen molar-refractivity contribution in [2.75, 3.05) is 57.4 Å². The van der Waals surface area contributed by atoms with E-state index in [4.69, 9.17) is 14.2 Å². The number of benzene rings is 2. The molecule has 0 aliphatic carbocycles. The summed E-state index contributed by atoms with van der Waals surface area (Å²) in [7, 11) is 0. The zero-order valence-electron chi connectivity index (χ0n) is 16.0. The van der Waals surface area contributed by atoms with E-state index in [9.17, 15) is 0 Å². The van der Waals surface area contributed by atoms with Crippen LogP contribution in [-0.4, -0.2) is 63.7 Å². The van der Waals surface area contributed by atoms with Gasteiger partial charge in [-0.1, -0.05) is 6.07 Å². The summed E-state index contributed by atoms with van der Waals surface area (Å²) in [5.74, 6) is 2.61. The van der Waals surface area contributed by atoms with Crippen LogP contribution in [-0.2, 0) is 6.42 Å². The largest absolute Gasteiger partial charge is 0.486 e. The van der Waals surface area contributed by atoms with E-state index in [1.165, 1.54) is 11.3 Å². The number of ether oxygens (including phenoxy) is 3. The topological polar surface area (TPSA) is 46.5 Å². The van der Waals surface area contributed by atoms with Gasteiger partial charge >= 0.3 is 0 Å². The minimum Gasteiger partial charge on any atom is -0.486 e. The highest BCUT2D eigenvalue weighted by Crippen LogP contribution is 2.34. The Morgan fingerprint density at radius 2 is 1.64 bits per heavy atom. The number of anilines is 1. The molecule has 0 atom stereocenters. The monoisotopic (exact) mass is 379 g/mol. The lowest BCUT2D eigenvalue weighted by Gasteiger charge is -2.36. The minimum atomic E-state index is 0.569. The van der Waals surface area contributed by atoms with Crippen LogP contribution in [0.4, 0.5) is 11.4 Å². The molecule has 146 valence electrons. The molecule has 0 spiro atoms. The van der Waals surface area contributed by atoms with Crippen molar-refractivity contribution in [2.45, 2.75) is 6.42 Å². The van der Waals surface area contributed by atoms with Crippen LogP contribution in [0.3, 0.4) is 0 Å². The summed E-state index contributed by atoms with van der Waals surface area (Å²) in [5, 5.41) is 0. The van der Waals surface area contributed by atoms with Gasteiger partial charge in [0.05, 0.1) is 0 Å². The second-order valence-corrected chi connectivity index (χ2v) is 7.33. The molecule has 6 nitrogen and oxygen atoms in total. The molecule has 6 heteroatoms. The Labute approximate surface area is 165 Å². The normalized spacial score (nSPS) is 18.5. The second kappa shape index (κ2) is 7.72. The van der Waals surface area contributed by atoms with Crippen LogP contribution in [0.1, 0.15) is 5.56 Å². The fourth-order valence-electron chi connectivity index (χ4n) is 3.95. The van der Waals surface area contributed by atoms with E-state index < -0.39 is 0 Å². The van der Waals surface area contributed by atoms with E-state index >= 15 is 0 Å². The molecule has 0 radical (unpaired) electrons. The van der Waals surface area contributed by atoms with Gasteiger partial charge < -0.3 is 19.1 Å². The number of rotatable bonds is 4. The number of piperazine rings is 1. The van der Waals surface area contributed by atoms with Crippen molar-refractivity contribution in [1.82, 2.24) is 4.90 Å². The van der Waals surface area contributed by atoms with Crippen LogP contribution in [0.5, 0.6) is 17.2 Å². The Bertz CT molecular complexity index is 875. The van der Waals surface area contributed by atoms with Gasteiger partial charge in [-0.3, -0.25) is 9.89 Å². The molecule has 0 aromatic heterocycles. The third kappa shape index (κ3) is 3.64. The number of aliphatic imine (C=N–C) groups is 1. The van der Waals surface area contributed by atoms with E-state index in [1.54, 1.807) is 0 Å². The predicted molar refractivity (Wildman–Crippen MR) is 110 cm³/mol. The Morgan fingerprint density at radius 3 is 2.54 bits per heavy atom. The van der Waals surface area contributed by atoms with Gasteiger partial charge in [0.25, 0.3) is 0 Å². The molecule has 0 bridgehead atoms. The first-order valence-corrected chi connectivity index (χ1v) is 10.0. The molecule has 2 aromatic rings. The highest BCUT2D eigenvalue weighted by Gasteiger charge is 2.20. The zero-order chi connectivity index (χ0) is 18.8. The molecule has 0 amide bonds. The van der Waals surface area contributed by atoms with E-state index in [-0.39, 0.29) is 0 Å². The number of hydrogen-bond acceptors (Lipinski definition) is 6. The van der Waals surface area contributed by atoms with Gasteiger partial charge in [0.15, 0.2) is 11.5 Å². The molecule has 3 heterocycles. The number of fused-ring (bicyclic) bond motifs is 2. The van der Waals surface area contributed by atoms with Crippen LogP contribution in [0.2, 0.25) is 0 Å². The van der Waals surface area contributed by atoms with Gasteiger partial charge in [-0.15, -0.1) is 0 Å². The summed E-state index contributed by atoms with van der Waals surface area (Å²) in [6.45, 7) is 7.10. The maximum absolute atomic E-state index is 5.72. The van der Waals surface area contributed by atoms with Crippen LogP contribution >= 0.6 is 0 Å². The average Bonchev–Trinajstić information content (AvgIpc) is 2.77. The van der Waals surface area contributed by atoms with Crippen LogP contribution in [0, 0.1) is 0 Å². The highest BCUT2D eigenvalue weighted by atomic mass is 16.6. The van der Waals surface area contributed by atoms with E-state index in [1.807, 2.05) is 18.3 Å². The Kier molecular flexibility index (Phi) is 4.79. The second-order valence-electron chi connectivity index (χ2n) is 7.33. The molecule has 3 aliphatic heterocycles. The maximum atomic E-state index is 5.72. The average molecular weight is 379 g/mol. The molecule has 0 saturated carbocycles. The number of hydrogen-bond donors (Lipinski definition) is 0. The molecule has 2 aromatic carbocycles. The van der Waals surface area contributed by atoms with Crippen LogP contribution in [0.15, 0.2) is 41.4 Å². The molecular weight excluding hydrogens is 354 g/mol. The van der Waals surface area contributed by atoms with Gasteiger partial charge in [-0.25, -0.2) is 0 Å². The van der Waals surface area contributed by atoms with E-state index in [0.29, 0.717) is 19.8 Å². The summed E-state index contributed by atoms with van der Waals surface area (Å²) < 4.78 is 16.9. The molecule has 1 saturated heterocycles. The molecule has 28 heavy (non-hydrogen) atoms. The maximum Gasteiger partial charge on any atom is 0.163 e. The van der Waals surface area contributed by atoms with Crippen LogP contribution in [0.25, 0.3) is 0 Å². The summed E-state index contributed by atoms with van der Waals surface area (Å²) in [5.41, 5.74) is 3.49. The smallest absolute Gasteiger partial charge is 0.163 e. The van der Waals surface area contributed by atoms with Crippen LogP contribution < -0.4 is 19.1 Å². The summed E-state index contributed by atoms with van der Waals surface area (Å²) >= 11 is 0. The minimum absolute atomic E-state index is 0.569. The molecular formula is C22H25N3O3. The molecule has 3 aliphatic rings. The molecule has 5 rings (SSSR count). The van der Waals surface area contributed by atoms with Crippen molar-refractivity contribution in [3.63, 3.8) is 0 Å². The van der Waals surface area contributed by atoms with Gasteiger partial charge in [-0.2, -0.15) is 0 Å². The van der Waals surface area contributed by atoms with Crippen molar-refractivity contribution in [3.8, 4) is 17.2 Å². The Hall–Kier alpha value is -2.73. The Balaban J connectivity index is 1.15. The van der Waals surface area contributed by atoms with Crippen molar-refractivity contribution < 1.29 is 14.2 Å². The lowest BCUT2D eigenvalue weighted by atomic mass is 10.1. The first kappa shape index (κ1) is 17.4. The van der Waals surface area contributed by atoms with E-state index in [2.05, 4.69) is 39.1 Å². The highest BCUT2D eigenvalue weighted by molar-refractivity contribution is 5.71. The molecule has 0 N–H and O–H groups in total. The lowest BCUT2D eigenvalue weighted by molar-refractivity contribution is 0.171. The SMILES string of the molecule is C1=Nc2cc(CCN3CCN(c4ccc5c(c4)OCCO5)CC3)ccc2OC1. The predicted octanol–water partition coefficient (Wildman–Crippen LogP) is 2.92. The summed E-state index contributed by atoms with van der Waals surface area (Å²) in [4.78, 5) is 9.40. The summed E-state index contributed by atoms with van der Waals surface area (Å²) in [6, 6.07) is 12.6. The first-order chi connectivity index (χ1) is 13.8. The third-order valence-corrected chi connectivity index (χ3v) is 5.55. The molecule has 1 fully saturated rings. The van der Waals surface area contributed by atoms with E-state index in [0.717, 1.165) is 62.1 Å².